The van der Waals surface area contributed by atoms with Gasteiger partial charge in [0.15, 0.2) is 0 Å². The Morgan fingerprint density at radius 1 is 1.05 bits per heavy atom. The number of benzene rings is 2. The van der Waals surface area contributed by atoms with Gasteiger partial charge in [-0.1, -0.05) is 42.5 Å². The zero-order valence-electron chi connectivity index (χ0n) is 11.5. The van der Waals surface area contributed by atoms with Gasteiger partial charge >= 0.3 is 0 Å². The van der Waals surface area contributed by atoms with Crippen molar-refractivity contribution in [2.75, 3.05) is 0 Å². The van der Waals surface area contributed by atoms with Crippen LogP contribution in [0.5, 0.6) is 0 Å². The van der Waals surface area contributed by atoms with Gasteiger partial charge in [-0.25, -0.2) is 0 Å². The zero-order chi connectivity index (χ0) is 15.1. The molecular formula is C18H15F2N. The number of aryl methyl sites for hydroxylation is 1. The van der Waals surface area contributed by atoms with Crippen molar-refractivity contribution < 1.29 is 8.78 Å². The standard InChI is InChI=1S/C18H15F2N/c19-18(20)12-17(11-6-14-4-2-1-3-5-14)16-9-7-15(13-21)8-10-16/h1-5,7-10,12,17H,6,11H2. The molecule has 0 radical (unpaired) electrons. The van der Waals surface area contributed by atoms with E-state index in [9.17, 15) is 8.78 Å². The molecule has 106 valence electrons. The van der Waals surface area contributed by atoms with Crippen LogP contribution in [0.15, 0.2) is 66.8 Å². The number of hydrogen-bond donors (Lipinski definition) is 0. The molecule has 0 aliphatic rings. The molecule has 1 unspecified atom stereocenters. The minimum Gasteiger partial charge on any atom is -0.192 e. The number of halogens is 2. The van der Waals surface area contributed by atoms with Crippen LogP contribution in [-0.4, -0.2) is 0 Å². The molecule has 0 amide bonds. The normalized spacial score (nSPS) is 11.5. The number of nitriles is 1. The number of allylic oxidation sites excluding steroid dienone is 1. The predicted molar refractivity (Wildman–Crippen MR) is 79.0 cm³/mol. The molecule has 0 fully saturated rings. The highest BCUT2D eigenvalue weighted by atomic mass is 19.3. The molecule has 0 spiro atoms. The van der Waals surface area contributed by atoms with E-state index in [4.69, 9.17) is 5.26 Å². The maximum Gasteiger partial charge on any atom is 0.266 e. The largest absolute Gasteiger partial charge is 0.266 e. The van der Waals surface area contributed by atoms with Crippen LogP contribution >= 0.6 is 0 Å². The summed E-state index contributed by atoms with van der Waals surface area (Å²) in [6.07, 6.45) is 0.657. The van der Waals surface area contributed by atoms with Gasteiger partial charge in [-0.2, -0.15) is 14.0 Å². The Labute approximate surface area is 123 Å². The van der Waals surface area contributed by atoms with E-state index in [0.717, 1.165) is 23.6 Å². The van der Waals surface area contributed by atoms with Gasteiger partial charge in [0.1, 0.15) is 0 Å². The molecule has 21 heavy (non-hydrogen) atoms. The van der Waals surface area contributed by atoms with Gasteiger partial charge in [-0.3, -0.25) is 0 Å². The molecule has 3 heteroatoms. The topological polar surface area (TPSA) is 23.8 Å². The van der Waals surface area contributed by atoms with Gasteiger partial charge in [-0.15, -0.1) is 0 Å². The van der Waals surface area contributed by atoms with E-state index in [-0.39, 0.29) is 5.92 Å². The highest BCUT2D eigenvalue weighted by Crippen LogP contribution is 2.25. The number of rotatable bonds is 5. The van der Waals surface area contributed by atoms with E-state index in [2.05, 4.69) is 0 Å². The average molecular weight is 283 g/mol. The van der Waals surface area contributed by atoms with Crippen LogP contribution in [-0.2, 0) is 6.42 Å². The Kier molecular flexibility index (Phi) is 5.22. The summed E-state index contributed by atoms with van der Waals surface area (Å²) in [5.41, 5.74) is 2.46. The van der Waals surface area contributed by atoms with Gasteiger partial charge in [0.2, 0.25) is 0 Å². The molecule has 0 saturated heterocycles. The van der Waals surface area contributed by atoms with Gasteiger partial charge in [-0.05, 0) is 42.2 Å². The quantitative estimate of drug-likeness (QED) is 0.752. The van der Waals surface area contributed by atoms with Gasteiger partial charge < -0.3 is 0 Å². The van der Waals surface area contributed by atoms with Crippen molar-refractivity contribution in [3.63, 3.8) is 0 Å². The minimum atomic E-state index is -1.67. The third-order valence-electron chi connectivity index (χ3n) is 3.38. The lowest BCUT2D eigenvalue weighted by molar-refractivity contribution is 0.413. The summed E-state index contributed by atoms with van der Waals surface area (Å²) in [4.78, 5) is 0. The van der Waals surface area contributed by atoms with Crippen LogP contribution in [0.25, 0.3) is 0 Å². The number of nitrogens with zero attached hydrogens (tertiary/aromatic N) is 1. The Morgan fingerprint density at radius 2 is 1.71 bits per heavy atom. The molecule has 0 aliphatic carbocycles. The van der Waals surface area contributed by atoms with E-state index >= 15 is 0 Å². The second-order valence-electron chi connectivity index (χ2n) is 4.82. The Bertz CT molecular complexity index is 635. The Balaban J connectivity index is 2.14. The van der Waals surface area contributed by atoms with Crippen LogP contribution in [0.2, 0.25) is 0 Å². The zero-order valence-corrected chi connectivity index (χ0v) is 11.5. The third kappa shape index (κ3) is 4.54. The lowest BCUT2D eigenvalue weighted by atomic mass is 9.92. The molecule has 1 nitrogen and oxygen atoms in total. The summed E-state index contributed by atoms with van der Waals surface area (Å²) in [5.74, 6) is -0.344. The lowest BCUT2D eigenvalue weighted by Crippen LogP contribution is -1.99. The molecule has 0 aromatic heterocycles. The van der Waals surface area contributed by atoms with E-state index < -0.39 is 6.08 Å². The Hall–Kier alpha value is -2.47. The third-order valence-corrected chi connectivity index (χ3v) is 3.38. The monoisotopic (exact) mass is 283 g/mol. The molecule has 2 aromatic carbocycles. The molecule has 0 aliphatic heterocycles. The number of hydrogen-bond acceptors (Lipinski definition) is 1. The lowest BCUT2D eigenvalue weighted by Gasteiger charge is -2.13. The predicted octanol–water partition coefficient (Wildman–Crippen LogP) is 5.06. The van der Waals surface area contributed by atoms with E-state index in [0.29, 0.717) is 12.0 Å². The van der Waals surface area contributed by atoms with Crippen LogP contribution in [0, 0.1) is 11.3 Å². The SMILES string of the molecule is N#Cc1ccc(C(C=C(F)F)CCc2ccccc2)cc1. The van der Waals surface area contributed by atoms with Gasteiger partial charge in [0.05, 0.1) is 11.6 Å². The van der Waals surface area contributed by atoms with Crippen molar-refractivity contribution in [1.29, 1.82) is 5.26 Å². The first-order valence-corrected chi connectivity index (χ1v) is 6.76. The van der Waals surface area contributed by atoms with Crippen LogP contribution in [0.4, 0.5) is 8.78 Å². The highest BCUT2D eigenvalue weighted by Gasteiger charge is 2.11. The van der Waals surface area contributed by atoms with Crippen LogP contribution in [0.1, 0.15) is 29.0 Å². The molecule has 2 rings (SSSR count). The van der Waals surface area contributed by atoms with E-state index in [1.165, 1.54) is 0 Å². The smallest absolute Gasteiger partial charge is 0.192 e. The molecule has 0 saturated carbocycles. The first-order valence-electron chi connectivity index (χ1n) is 6.76. The summed E-state index contributed by atoms with van der Waals surface area (Å²) >= 11 is 0. The van der Waals surface area contributed by atoms with Crippen molar-refractivity contribution in [2.24, 2.45) is 0 Å². The highest BCUT2D eigenvalue weighted by molar-refractivity contribution is 5.34. The molecule has 0 bridgehead atoms. The molecular weight excluding hydrogens is 268 g/mol. The molecule has 2 aromatic rings. The molecule has 1 atom stereocenters. The van der Waals surface area contributed by atoms with E-state index in [1.807, 2.05) is 36.4 Å². The van der Waals surface area contributed by atoms with Crippen molar-refractivity contribution in [2.45, 2.75) is 18.8 Å². The maximum absolute atomic E-state index is 12.7. The van der Waals surface area contributed by atoms with Crippen molar-refractivity contribution in [1.82, 2.24) is 0 Å². The molecule has 0 heterocycles. The summed E-state index contributed by atoms with van der Waals surface area (Å²) < 4.78 is 25.3. The molecule has 0 N–H and O–H groups in total. The van der Waals surface area contributed by atoms with Gasteiger partial charge in [0, 0.05) is 5.92 Å². The summed E-state index contributed by atoms with van der Waals surface area (Å²) in [5, 5.41) is 8.78. The van der Waals surface area contributed by atoms with E-state index in [1.54, 1.807) is 24.3 Å². The summed E-state index contributed by atoms with van der Waals surface area (Å²) in [6, 6.07) is 18.6. The summed E-state index contributed by atoms with van der Waals surface area (Å²) in [6.45, 7) is 0. The Morgan fingerprint density at radius 3 is 2.29 bits per heavy atom. The fraction of sp³-hybridized carbons (Fsp3) is 0.167. The summed E-state index contributed by atoms with van der Waals surface area (Å²) in [7, 11) is 0. The van der Waals surface area contributed by atoms with Crippen molar-refractivity contribution in [3.8, 4) is 6.07 Å². The minimum absolute atomic E-state index is 0.344. The maximum atomic E-state index is 12.7. The van der Waals surface area contributed by atoms with Crippen LogP contribution in [0.3, 0.4) is 0 Å². The average Bonchev–Trinajstić information content (AvgIpc) is 2.52. The fourth-order valence-corrected chi connectivity index (χ4v) is 2.27. The van der Waals surface area contributed by atoms with Crippen molar-refractivity contribution in [3.05, 3.63) is 83.4 Å². The fourth-order valence-electron chi connectivity index (χ4n) is 2.27. The van der Waals surface area contributed by atoms with Gasteiger partial charge in [0.25, 0.3) is 6.08 Å². The second-order valence-corrected chi connectivity index (χ2v) is 4.82. The van der Waals surface area contributed by atoms with Crippen LogP contribution < -0.4 is 0 Å². The first kappa shape index (κ1) is 14.9. The first-order chi connectivity index (χ1) is 10.2. The second kappa shape index (κ2) is 7.35. The van der Waals surface area contributed by atoms with Crippen molar-refractivity contribution >= 4 is 0 Å².